The van der Waals surface area contributed by atoms with Crippen LogP contribution in [-0.4, -0.2) is 5.78 Å². The van der Waals surface area contributed by atoms with Crippen LogP contribution in [-0.2, 0) is 6.42 Å². The molecule has 0 aliphatic heterocycles. The first kappa shape index (κ1) is 14.8. The Bertz CT molecular complexity index is 447. The van der Waals surface area contributed by atoms with Crippen molar-refractivity contribution in [2.45, 2.75) is 70.6 Å². The molecule has 0 atom stereocenters. The smallest absolute Gasteiger partial charge is 0.165 e. The first-order valence-electron chi connectivity index (χ1n) is 8.96. The largest absolute Gasteiger partial charge is 0.294 e. The summed E-state index contributed by atoms with van der Waals surface area (Å²) in [4.78, 5) is 12.5. The van der Waals surface area contributed by atoms with E-state index in [1.807, 2.05) is 0 Å². The molecule has 0 saturated heterocycles. The fraction of sp³-hybridized carbons (Fsp3) is 0.650. The molecule has 2 fully saturated rings. The van der Waals surface area contributed by atoms with Gasteiger partial charge in [-0.1, -0.05) is 75.6 Å². The minimum absolute atomic E-state index is 0.294. The van der Waals surface area contributed by atoms with E-state index < -0.39 is 0 Å². The quantitative estimate of drug-likeness (QED) is 0.660. The number of ketones is 1. The number of benzene rings is 1. The van der Waals surface area contributed by atoms with Gasteiger partial charge in [-0.15, -0.1) is 0 Å². The van der Waals surface area contributed by atoms with Crippen molar-refractivity contribution in [1.82, 2.24) is 0 Å². The fourth-order valence-electron chi connectivity index (χ4n) is 4.13. The van der Waals surface area contributed by atoms with Gasteiger partial charge in [-0.2, -0.15) is 0 Å². The highest BCUT2D eigenvalue weighted by atomic mass is 16.1. The summed E-state index contributed by atoms with van der Waals surface area (Å²) >= 11 is 0. The van der Waals surface area contributed by atoms with E-state index in [2.05, 4.69) is 24.3 Å². The van der Waals surface area contributed by atoms with Gasteiger partial charge < -0.3 is 0 Å². The SMILES string of the molecule is O=C(c1ccc(CC2CCCCC2)cc1)C1CCCCC1. The van der Waals surface area contributed by atoms with Crippen molar-refractivity contribution >= 4 is 5.78 Å². The van der Waals surface area contributed by atoms with Crippen LogP contribution in [0.25, 0.3) is 0 Å². The number of carbonyl (C=O) groups excluding carboxylic acids is 1. The predicted octanol–water partition coefficient (Wildman–Crippen LogP) is 5.57. The average molecular weight is 284 g/mol. The van der Waals surface area contributed by atoms with Crippen LogP contribution in [0.5, 0.6) is 0 Å². The summed E-state index contributed by atoms with van der Waals surface area (Å²) in [5, 5.41) is 0. The van der Waals surface area contributed by atoms with Crippen LogP contribution in [0.4, 0.5) is 0 Å². The number of Topliss-reactive ketones (excluding diaryl/α,β-unsaturated/α-hetero) is 1. The highest BCUT2D eigenvalue weighted by Gasteiger charge is 2.22. The molecule has 114 valence electrons. The van der Waals surface area contributed by atoms with E-state index >= 15 is 0 Å². The van der Waals surface area contributed by atoms with Gasteiger partial charge >= 0.3 is 0 Å². The van der Waals surface area contributed by atoms with E-state index in [4.69, 9.17) is 0 Å². The van der Waals surface area contributed by atoms with Gasteiger partial charge in [0.1, 0.15) is 0 Å². The summed E-state index contributed by atoms with van der Waals surface area (Å²) in [7, 11) is 0. The van der Waals surface area contributed by atoms with Crippen LogP contribution in [0.1, 0.15) is 80.1 Å². The maximum Gasteiger partial charge on any atom is 0.165 e. The van der Waals surface area contributed by atoms with Gasteiger partial charge in [0.2, 0.25) is 0 Å². The molecule has 0 bridgehead atoms. The third-order valence-corrected chi connectivity index (χ3v) is 5.46. The van der Waals surface area contributed by atoms with Gasteiger partial charge in [-0.25, -0.2) is 0 Å². The van der Waals surface area contributed by atoms with Crippen molar-refractivity contribution in [3.8, 4) is 0 Å². The number of hydrogen-bond acceptors (Lipinski definition) is 1. The number of hydrogen-bond donors (Lipinski definition) is 0. The third-order valence-electron chi connectivity index (χ3n) is 5.46. The highest BCUT2D eigenvalue weighted by molar-refractivity contribution is 5.97. The predicted molar refractivity (Wildman–Crippen MR) is 87.6 cm³/mol. The molecule has 0 N–H and O–H groups in total. The molecular weight excluding hydrogens is 256 g/mol. The van der Waals surface area contributed by atoms with Crippen molar-refractivity contribution < 1.29 is 4.79 Å². The monoisotopic (exact) mass is 284 g/mol. The third kappa shape index (κ3) is 3.96. The van der Waals surface area contributed by atoms with Gasteiger partial charge in [0.15, 0.2) is 5.78 Å². The van der Waals surface area contributed by atoms with Crippen LogP contribution in [0, 0.1) is 11.8 Å². The van der Waals surface area contributed by atoms with Crippen LogP contribution in [0.15, 0.2) is 24.3 Å². The molecule has 3 rings (SSSR count). The molecule has 0 unspecified atom stereocenters. The summed E-state index contributed by atoms with van der Waals surface area (Å²) in [6, 6.07) is 8.56. The molecule has 0 heterocycles. The Kier molecular flexibility index (Phi) is 5.11. The Labute approximate surface area is 129 Å². The van der Waals surface area contributed by atoms with Gasteiger partial charge in [0, 0.05) is 11.5 Å². The molecule has 1 aromatic rings. The Morgan fingerprint density at radius 1 is 0.810 bits per heavy atom. The Morgan fingerprint density at radius 2 is 1.38 bits per heavy atom. The maximum atomic E-state index is 12.5. The van der Waals surface area contributed by atoms with E-state index in [1.54, 1.807) is 0 Å². The first-order valence-corrected chi connectivity index (χ1v) is 8.96. The van der Waals surface area contributed by atoms with Crippen molar-refractivity contribution in [1.29, 1.82) is 0 Å². The molecule has 1 nitrogen and oxygen atoms in total. The minimum atomic E-state index is 0.294. The molecule has 2 aliphatic carbocycles. The van der Waals surface area contributed by atoms with E-state index in [9.17, 15) is 4.79 Å². The van der Waals surface area contributed by atoms with Gasteiger partial charge in [0.05, 0.1) is 0 Å². The standard InChI is InChI=1S/C20H28O/c21-20(18-9-5-2-6-10-18)19-13-11-17(12-14-19)15-16-7-3-1-4-8-16/h11-14,16,18H,1-10,15H2. The minimum Gasteiger partial charge on any atom is -0.294 e. The molecule has 0 aromatic heterocycles. The molecule has 0 amide bonds. The first-order chi connectivity index (χ1) is 10.3. The second-order valence-corrected chi connectivity index (χ2v) is 7.10. The van der Waals surface area contributed by atoms with Crippen LogP contribution < -0.4 is 0 Å². The average Bonchev–Trinajstić information content (AvgIpc) is 2.57. The zero-order chi connectivity index (χ0) is 14.5. The van der Waals surface area contributed by atoms with Crippen LogP contribution in [0.3, 0.4) is 0 Å². The lowest BCUT2D eigenvalue weighted by Crippen LogP contribution is -2.17. The normalized spacial score (nSPS) is 21.3. The Hall–Kier alpha value is -1.11. The molecule has 0 spiro atoms. The van der Waals surface area contributed by atoms with Crippen molar-refractivity contribution in [2.75, 3.05) is 0 Å². The maximum absolute atomic E-state index is 12.5. The zero-order valence-electron chi connectivity index (χ0n) is 13.2. The number of carbonyl (C=O) groups is 1. The molecular formula is C20H28O. The second-order valence-electron chi connectivity index (χ2n) is 7.10. The van der Waals surface area contributed by atoms with Crippen molar-refractivity contribution in [3.63, 3.8) is 0 Å². The Balaban J connectivity index is 1.59. The second kappa shape index (κ2) is 7.24. The van der Waals surface area contributed by atoms with E-state index in [1.165, 1.54) is 63.4 Å². The topological polar surface area (TPSA) is 17.1 Å². The molecule has 2 saturated carbocycles. The number of rotatable bonds is 4. The fourth-order valence-corrected chi connectivity index (χ4v) is 4.13. The summed E-state index contributed by atoms with van der Waals surface area (Å²) in [6.07, 6.45) is 14.2. The lowest BCUT2D eigenvalue weighted by molar-refractivity contribution is 0.0889. The van der Waals surface area contributed by atoms with E-state index in [0.717, 1.165) is 24.3 Å². The molecule has 1 aromatic carbocycles. The van der Waals surface area contributed by atoms with Gasteiger partial charge in [0.25, 0.3) is 0 Å². The molecule has 0 radical (unpaired) electrons. The summed E-state index contributed by atoms with van der Waals surface area (Å²) < 4.78 is 0. The van der Waals surface area contributed by atoms with Crippen LogP contribution >= 0.6 is 0 Å². The summed E-state index contributed by atoms with van der Waals surface area (Å²) in [5.74, 6) is 1.56. The Morgan fingerprint density at radius 3 is 2.00 bits per heavy atom. The van der Waals surface area contributed by atoms with Gasteiger partial charge in [-0.05, 0) is 30.7 Å². The zero-order valence-corrected chi connectivity index (χ0v) is 13.2. The van der Waals surface area contributed by atoms with Gasteiger partial charge in [-0.3, -0.25) is 4.79 Å². The van der Waals surface area contributed by atoms with E-state index in [0.29, 0.717) is 11.7 Å². The lowest BCUT2D eigenvalue weighted by atomic mass is 9.83. The molecule has 1 heteroatoms. The van der Waals surface area contributed by atoms with Crippen LogP contribution in [0.2, 0.25) is 0 Å². The van der Waals surface area contributed by atoms with Crippen molar-refractivity contribution in [2.24, 2.45) is 11.8 Å². The molecule has 21 heavy (non-hydrogen) atoms. The summed E-state index contributed by atoms with van der Waals surface area (Å²) in [6.45, 7) is 0. The van der Waals surface area contributed by atoms with E-state index in [-0.39, 0.29) is 0 Å². The highest BCUT2D eigenvalue weighted by Crippen LogP contribution is 2.29. The molecule has 2 aliphatic rings. The summed E-state index contributed by atoms with van der Waals surface area (Å²) in [5.41, 5.74) is 2.36. The van der Waals surface area contributed by atoms with Crippen molar-refractivity contribution in [3.05, 3.63) is 35.4 Å². The lowest BCUT2D eigenvalue weighted by Gasteiger charge is -2.22.